The fourth-order valence-corrected chi connectivity index (χ4v) is 2.56. The fourth-order valence-electron chi connectivity index (χ4n) is 2.39. The van der Waals surface area contributed by atoms with Crippen LogP contribution in [0.1, 0.15) is 24.2 Å². The summed E-state index contributed by atoms with van der Waals surface area (Å²) in [5.74, 6) is -0.0214. The lowest BCUT2D eigenvalue weighted by Gasteiger charge is -2.35. The van der Waals surface area contributed by atoms with Gasteiger partial charge in [-0.3, -0.25) is 9.59 Å². The minimum atomic E-state index is -0.133. The van der Waals surface area contributed by atoms with Crippen molar-refractivity contribution in [3.05, 3.63) is 28.8 Å². The first-order valence-electron chi connectivity index (χ1n) is 7.04. The van der Waals surface area contributed by atoms with Crippen LogP contribution < -0.4 is 5.73 Å². The van der Waals surface area contributed by atoms with Crippen LogP contribution in [-0.2, 0) is 4.79 Å². The topological polar surface area (TPSA) is 66.6 Å². The van der Waals surface area contributed by atoms with E-state index in [0.717, 1.165) is 0 Å². The number of nitrogens with two attached hydrogens (primary N) is 1. The molecule has 0 spiro atoms. The lowest BCUT2D eigenvalue weighted by Crippen LogP contribution is -2.51. The van der Waals surface area contributed by atoms with Gasteiger partial charge in [-0.05, 0) is 12.1 Å². The van der Waals surface area contributed by atoms with Crippen molar-refractivity contribution in [1.82, 2.24) is 9.80 Å². The van der Waals surface area contributed by atoms with Crippen LogP contribution in [0.3, 0.4) is 0 Å². The van der Waals surface area contributed by atoms with E-state index >= 15 is 0 Å². The molecular formula is C15H20ClN3O2. The van der Waals surface area contributed by atoms with Gasteiger partial charge in [-0.15, -0.1) is 0 Å². The second-order valence-corrected chi connectivity index (χ2v) is 5.88. The molecule has 5 nitrogen and oxygen atoms in total. The van der Waals surface area contributed by atoms with Crippen LogP contribution in [0.25, 0.3) is 0 Å². The third-order valence-electron chi connectivity index (χ3n) is 3.66. The van der Waals surface area contributed by atoms with Crippen molar-refractivity contribution in [2.24, 2.45) is 5.92 Å². The lowest BCUT2D eigenvalue weighted by atomic mass is 10.1. The third-order valence-corrected chi connectivity index (χ3v) is 3.99. The average Bonchev–Trinajstić information content (AvgIpc) is 2.48. The van der Waals surface area contributed by atoms with Crippen molar-refractivity contribution >= 4 is 29.1 Å². The summed E-state index contributed by atoms with van der Waals surface area (Å²) in [7, 11) is 0. The smallest absolute Gasteiger partial charge is 0.256 e. The third kappa shape index (κ3) is 3.29. The predicted molar refractivity (Wildman–Crippen MR) is 83.2 cm³/mol. The maximum atomic E-state index is 12.5. The zero-order chi connectivity index (χ0) is 15.6. The SMILES string of the molecule is CC(C)C(=O)N1CCN(C(=O)c2cccc(Cl)c2N)CC1. The molecule has 0 unspecified atom stereocenters. The molecule has 0 aliphatic carbocycles. The van der Waals surface area contributed by atoms with E-state index in [1.165, 1.54) is 0 Å². The molecule has 1 aromatic rings. The molecular weight excluding hydrogens is 290 g/mol. The van der Waals surface area contributed by atoms with Crippen molar-refractivity contribution in [2.75, 3.05) is 31.9 Å². The van der Waals surface area contributed by atoms with Crippen LogP contribution in [0.2, 0.25) is 5.02 Å². The number of piperazine rings is 1. The molecule has 1 heterocycles. The van der Waals surface area contributed by atoms with E-state index < -0.39 is 0 Å². The minimum absolute atomic E-state index is 0.0178. The van der Waals surface area contributed by atoms with Crippen molar-refractivity contribution in [2.45, 2.75) is 13.8 Å². The second-order valence-electron chi connectivity index (χ2n) is 5.47. The molecule has 0 atom stereocenters. The van der Waals surface area contributed by atoms with E-state index in [4.69, 9.17) is 17.3 Å². The Hall–Kier alpha value is -1.75. The molecule has 114 valence electrons. The normalized spacial score (nSPS) is 15.4. The molecule has 0 bridgehead atoms. The number of amides is 2. The molecule has 21 heavy (non-hydrogen) atoms. The lowest BCUT2D eigenvalue weighted by molar-refractivity contribution is -0.135. The quantitative estimate of drug-likeness (QED) is 0.848. The first-order valence-corrected chi connectivity index (χ1v) is 7.41. The van der Waals surface area contributed by atoms with Gasteiger partial charge in [0.1, 0.15) is 0 Å². The zero-order valence-corrected chi connectivity index (χ0v) is 13.1. The summed E-state index contributed by atoms with van der Waals surface area (Å²) in [6, 6.07) is 5.05. The summed E-state index contributed by atoms with van der Waals surface area (Å²) in [6.07, 6.45) is 0. The fraction of sp³-hybridized carbons (Fsp3) is 0.467. The van der Waals surface area contributed by atoms with Crippen LogP contribution in [0.4, 0.5) is 5.69 Å². The summed E-state index contributed by atoms with van der Waals surface area (Å²) in [5, 5.41) is 0.384. The molecule has 2 rings (SSSR count). The number of benzene rings is 1. The molecule has 6 heteroatoms. The van der Waals surface area contributed by atoms with Crippen molar-refractivity contribution in [1.29, 1.82) is 0 Å². The molecule has 0 saturated carbocycles. The molecule has 1 aromatic carbocycles. The van der Waals surface area contributed by atoms with Gasteiger partial charge in [-0.2, -0.15) is 0 Å². The van der Waals surface area contributed by atoms with E-state index in [1.54, 1.807) is 28.0 Å². The zero-order valence-electron chi connectivity index (χ0n) is 12.3. The summed E-state index contributed by atoms with van der Waals surface area (Å²) >= 11 is 5.95. The van der Waals surface area contributed by atoms with E-state index in [-0.39, 0.29) is 17.7 Å². The average molecular weight is 310 g/mol. The van der Waals surface area contributed by atoms with Gasteiger partial charge in [0.15, 0.2) is 0 Å². The Morgan fingerprint density at radius 1 is 1.14 bits per heavy atom. The number of nitrogen functional groups attached to an aromatic ring is 1. The van der Waals surface area contributed by atoms with E-state index in [2.05, 4.69) is 0 Å². The van der Waals surface area contributed by atoms with E-state index in [0.29, 0.717) is 42.5 Å². The van der Waals surface area contributed by atoms with E-state index in [1.807, 2.05) is 13.8 Å². The predicted octanol–water partition coefficient (Wildman–Crippen LogP) is 1.86. The Morgan fingerprint density at radius 2 is 1.71 bits per heavy atom. The van der Waals surface area contributed by atoms with Gasteiger partial charge in [-0.1, -0.05) is 31.5 Å². The first kappa shape index (κ1) is 15.6. The Balaban J connectivity index is 2.04. The van der Waals surface area contributed by atoms with Gasteiger partial charge in [0, 0.05) is 32.1 Å². The molecule has 1 aliphatic rings. The number of anilines is 1. The Bertz CT molecular complexity index is 552. The largest absolute Gasteiger partial charge is 0.397 e. The highest BCUT2D eigenvalue weighted by atomic mass is 35.5. The van der Waals surface area contributed by atoms with Crippen LogP contribution >= 0.6 is 11.6 Å². The standard InChI is InChI=1S/C15H20ClN3O2/c1-10(2)14(20)18-6-8-19(9-7-18)15(21)11-4-3-5-12(16)13(11)17/h3-5,10H,6-9,17H2,1-2H3. The highest BCUT2D eigenvalue weighted by molar-refractivity contribution is 6.33. The highest BCUT2D eigenvalue weighted by Gasteiger charge is 2.26. The van der Waals surface area contributed by atoms with E-state index in [9.17, 15) is 9.59 Å². The van der Waals surface area contributed by atoms with Gasteiger partial charge < -0.3 is 15.5 Å². The van der Waals surface area contributed by atoms with Crippen LogP contribution in [-0.4, -0.2) is 47.8 Å². The maximum absolute atomic E-state index is 12.5. The number of hydrogen-bond donors (Lipinski definition) is 1. The van der Waals surface area contributed by atoms with Gasteiger partial charge in [0.2, 0.25) is 5.91 Å². The Kier molecular flexibility index (Phi) is 4.73. The highest BCUT2D eigenvalue weighted by Crippen LogP contribution is 2.24. The van der Waals surface area contributed by atoms with Crippen molar-refractivity contribution in [3.63, 3.8) is 0 Å². The molecule has 1 saturated heterocycles. The summed E-state index contributed by atoms with van der Waals surface area (Å²) in [5.41, 5.74) is 6.59. The Labute approximate surface area is 129 Å². The molecule has 0 radical (unpaired) electrons. The number of carbonyl (C=O) groups excluding carboxylic acids is 2. The number of carbonyl (C=O) groups is 2. The first-order chi connectivity index (χ1) is 9.91. The number of para-hydroxylation sites is 1. The molecule has 1 fully saturated rings. The monoisotopic (exact) mass is 309 g/mol. The number of hydrogen-bond acceptors (Lipinski definition) is 3. The molecule has 2 amide bonds. The van der Waals surface area contributed by atoms with Crippen LogP contribution in [0.15, 0.2) is 18.2 Å². The summed E-state index contributed by atoms with van der Waals surface area (Å²) < 4.78 is 0. The van der Waals surface area contributed by atoms with Crippen molar-refractivity contribution < 1.29 is 9.59 Å². The molecule has 1 aliphatic heterocycles. The van der Waals surface area contributed by atoms with Crippen LogP contribution in [0, 0.1) is 5.92 Å². The summed E-state index contributed by atoms with van der Waals surface area (Å²) in [4.78, 5) is 27.9. The molecule has 0 aromatic heterocycles. The number of rotatable bonds is 2. The van der Waals surface area contributed by atoms with Gasteiger partial charge in [0.25, 0.3) is 5.91 Å². The number of halogens is 1. The molecule has 2 N–H and O–H groups in total. The van der Waals surface area contributed by atoms with Gasteiger partial charge in [0.05, 0.1) is 16.3 Å². The minimum Gasteiger partial charge on any atom is -0.397 e. The Morgan fingerprint density at radius 3 is 2.29 bits per heavy atom. The van der Waals surface area contributed by atoms with Crippen LogP contribution in [0.5, 0.6) is 0 Å². The maximum Gasteiger partial charge on any atom is 0.256 e. The van der Waals surface area contributed by atoms with Gasteiger partial charge in [-0.25, -0.2) is 0 Å². The number of nitrogens with zero attached hydrogens (tertiary/aromatic N) is 2. The second kappa shape index (κ2) is 6.35. The van der Waals surface area contributed by atoms with Gasteiger partial charge >= 0.3 is 0 Å². The summed E-state index contributed by atoms with van der Waals surface area (Å²) in [6.45, 7) is 5.91. The van der Waals surface area contributed by atoms with Crippen molar-refractivity contribution in [3.8, 4) is 0 Å².